The molecule has 0 aliphatic heterocycles. The SMILES string of the molecule is COc1ccccc1NC(N)=NCC1CCC(C)(C)CC1.I. The van der Waals surface area contributed by atoms with Crippen LogP contribution in [-0.4, -0.2) is 19.6 Å². The van der Waals surface area contributed by atoms with Crippen LogP contribution in [0, 0.1) is 11.3 Å². The van der Waals surface area contributed by atoms with E-state index in [1.165, 1.54) is 25.7 Å². The van der Waals surface area contributed by atoms with E-state index in [0.717, 1.165) is 18.0 Å². The Morgan fingerprint density at radius 2 is 1.95 bits per heavy atom. The lowest BCUT2D eigenvalue weighted by atomic mass is 9.73. The quantitative estimate of drug-likeness (QED) is 0.437. The number of guanidine groups is 1. The highest BCUT2D eigenvalue weighted by Crippen LogP contribution is 2.37. The molecule has 0 atom stereocenters. The van der Waals surface area contributed by atoms with Gasteiger partial charge >= 0.3 is 0 Å². The fraction of sp³-hybridized carbons (Fsp3) is 0.588. The van der Waals surface area contributed by atoms with Gasteiger partial charge in [0.15, 0.2) is 5.96 Å². The monoisotopic (exact) mass is 417 g/mol. The second kappa shape index (κ2) is 8.60. The summed E-state index contributed by atoms with van der Waals surface area (Å²) in [6.07, 6.45) is 5.07. The molecule has 4 nitrogen and oxygen atoms in total. The third kappa shape index (κ3) is 5.66. The number of nitrogens with zero attached hydrogens (tertiary/aromatic N) is 1. The minimum Gasteiger partial charge on any atom is -0.495 e. The van der Waals surface area contributed by atoms with Crippen LogP contribution >= 0.6 is 24.0 Å². The largest absolute Gasteiger partial charge is 0.495 e. The van der Waals surface area contributed by atoms with Crippen LogP contribution in [0.3, 0.4) is 0 Å². The first kappa shape index (κ1) is 19.1. The summed E-state index contributed by atoms with van der Waals surface area (Å²) in [5, 5.41) is 3.12. The standard InChI is InChI=1S/C17H27N3O.HI/c1-17(2)10-8-13(9-11-17)12-19-16(18)20-14-6-4-5-7-15(14)21-3;/h4-7,13H,8-12H2,1-3H3,(H3,18,19,20);1H. The van der Waals surface area contributed by atoms with Crippen molar-refractivity contribution in [3.8, 4) is 5.75 Å². The molecule has 0 amide bonds. The third-order valence-corrected chi connectivity index (χ3v) is 4.35. The number of benzene rings is 1. The number of hydrogen-bond acceptors (Lipinski definition) is 2. The number of ether oxygens (including phenoxy) is 1. The number of aliphatic imine (C=N–C) groups is 1. The molecule has 124 valence electrons. The van der Waals surface area contributed by atoms with Crippen LogP contribution in [0.15, 0.2) is 29.3 Å². The Morgan fingerprint density at radius 1 is 1.32 bits per heavy atom. The van der Waals surface area contributed by atoms with Gasteiger partial charge in [-0.2, -0.15) is 0 Å². The molecular formula is C17H28IN3O. The Labute approximate surface area is 150 Å². The number of hydrogen-bond donors (Lipinski definition) is 2. The summed E-state index contributed by atoms with van der Waals surface area (Å²) in [6, 6.07) is 7.71. The summed E-state index contributed by atoms with van der Waals surface area (Å²) in [5.41, 5.74) is 7.34. The van der Waals surface area contributed by atoms with E-state index >= 15 is 0 Å². The first-order chi connectivity index (χ1) is 10.00. The smallest absolute Gasteiger partial charge is 0.193 e. The number of rotatable bonds is 4. The zero-order chi connectivity index (χ0) is 15.3. The molecule has 0 spiro atoms. The van der Waals surface area contributed by atoms with Crippen LogP contribution in [0.4, 0.5) is 5.69 Å². The molecule has 5 heteroatoms. The van der Waals surface area contributed by atoms with Gasteiger partial charge in [0, 0.05) is 6.54 Å². The van der Waals surface area contributed by atoms with E-state index in [2.05, 4.69) is 24.2 Å². The van der Waals surface area contributed by atoms with Gasteiger partial charge < -0.3 is 15.8 Å². The first-order valence-electron chi connectivity index (χ1n) is 7.70. The van der Waals surface area contributed by atoms with Crippen LogP contribution in [0.1, 0.15) is 39.5 Å². The van der Waals surface area contributed by atoms with Crippen molar-refractivity contribution < 1.29 is 4.74 Å². The minimum atomic E-state index is 0. The maximum Gasteiger partial charge on any atom is 0.193 e. The topological polar surface area (TPSA) is 59.6 Å². The van der Waals surface area contributed by atoms with Crippen molar-refractivity contribution in [2.45, 2.75) is 39.5 Å². The Bertz CT molecular complexity index is 492. The summed E-state index contributed by atoms with van der Waals surface area (Å²) in [5.74, 6) is 1.90. The third-order valence-electron chi connectivity index (χ3n) is 4.35. The molecule has 0 unspecified atom stereocenters. The Morgan fingerprint density at radius 3 is 2.59 bits per heavy atom. The van der Waals surface area contributed by atoms with Crippen molar-refractivity contribution in [3.05, 3.63) is 24.3 Å². The van der Waals surface area contributed by atoms with Gasteiger partial charge in [-0.05, 0) is 49.1 Å². The Balaban J connectivity index is 0.00000242. The van der Waals surface area contributed by atoms with Gasteiger partial charge in [-0.3, -0.25) is 4.99 Å². The molecule has 1 fully saturated rings. The summed E-state index contributed by atoms with van der Waals surface area (Å²) in [6.45, 7) is 5.51. The zero-order valence-corrected chi connectivity index (χ0v) is 16.1. The number of halogens is 1. The molecule has 0 heterocycles. The molecule has 0 radical (unpaired) electrons. The van der Waals surface area contributed by atoms with Crippen LogP contribution in [0.25, 0.3) is 0 Å². The summed E-state index contributed by atoms with van der Waals surface area (Å²) in [7, 11) is 1.65. The van der Waals surface area contributed by atoms with Crippen molar-refractivity contribution >= 4 is 35.6 Å². The average Bonchev–Trinajstić information content (AvgIpc) is 2.47. The van der Waals surface area contributed by atoms with E-state index in [1.54, 1.807) is 7.11 Å². The van der Waals surface area contributed by atoms with Gasteiger partial charge in [0.2, 0.25) is 0 Å². The minimum absolute atomic E-state index is 0. The number of para-hydroxylation sites is 2. The van der Waals surface area contributed by atoms with Crippen molar-refractivity contribution in [2.75, 3.05) is 19.0 Å². The van der Waals surface area contributed by atoms with Crippen molar-refractivity contribution in [3.63, 3.8) is 0 Å². The molecule has 1 aromatic rings. The predicted molar refractivity (Wildman–Crippen MR) is 104 cm³/mol. The van der Waals surface area contributed by atoms with E-state index in [0.29, 0.717) is 17.3 Å². The fourth-order valence-corrected chi connectivity index (χ4v) is 2.79. The van der Waals surface area contributed by atoms with E-state index < -0.39 is 0 Å². The predicted octanol–water partition coefficient (Wildman–Crippen LogP) is 4.26. The van der Waals surface area contributed by atoms with Gasteiger partial charge in [0.25, 0.3) is 0 Å². The second-order valence-corrected chi connectivity index (χ2v) is 6.66. The summed E-state index contributed by atoms with van der Waals surface area (Å²) >= 11 is 0. The first-order valence-corrected chi connectivity index (χ1v) is 7.70. The van der Waals surface area contributed by atoms with E-state index in [4.69, 9.17) is 10.5 Å². The molecule has 1 saturated carbocycles. The fourth-order valence-electron chi connectivity index (χ4n) is 2.79. The number of anilines is 1. The highest BCUT2D eigenvalue weighted by Gasteiger charge is 2.26. The molecule has 2 rings (SSSR count). The molecule has 1 aliphatic rings. The van der Waals surface area contributed by atoms with E-state index in [-0.39, 0.29) is 24.0 Å². The van der Waals surface area contributed by atoms with Gasteiger partial charge in [-0.1, -0.05) is 26.0 Å². The maximum atomic E-state index is 5.98. The van der Waals surface area contributed by atoms with Crippen LogP contribution in [0.2, 0.25) is 0 Å². The molecule has 0 aromatic heterocycles. The molecule has 1 aromatic carbocycles. The molecule has 0 bridgehead atoms. The Hall–Kier alpha value is -0.980. The number of nitrogens with two attached hydrogens (primary N) is 1. The average molecular weight is 417 g/mol. The van der Waals surface area contributed by atoms with Crippen LogP contribution in [0.5, 0.6) is 5.75 Å². The van der Waals surface area contributed by atoms with Crippen LogP contribution < -0.4 is 15.8 Å². The molecule has 22 heavy (non-hydrogen) atoms. The zero-order valence-electron chi connectivity index (χ0n) is 13.8. The molecule has 0 saturated heterocycles. The highest BCUT2D eigenvalue weighted by atomic mass is 127. The summed E-state index contributed by atoms with van der Waals surface area (Å²) in [4.78, 5) is 4.49. The van der Waals surface area contributed by atoms with Gasteiger partial charge in [-0.15, -0.1) is 24.0 Å². The highest BCUT2D eigenvalue weighted by molar-refractivity contribution is 14.0. The molecule has 3 N–H and O–H groups in total. The number of methoxy groups -OCH3 is 1. The number of nitrogens with one attached hydrogen (secondary N) is 1. The normalized spacial score (nSPS) is 18.4. The van der Waals surface area contributed by atoms with Crippen LogP contribution in [-0.2, 0) is 0 Å². The summed E-state index contributed by atoms with van der Waals surface area (Å²) < 4.78 is 5.29. The lowest BCUT2D eigenvalue weighted by Crippen LogP contribution is -2.26. The van der Waals surface area contributed by atoms with Crippen molar-refractivity contribution in [1.29, 1.82) is 0 Å². The second-order valence-electron chi connectivity index (χ2n) is 6.66. The lowest BCUT2D eigenvalue weighted by Gasteiger charge is -2.33. The molecule has 1 aliphatic carbocycles. The Kier molecular flexibility index (Phi) is 7.45. The van der Waals surface area contributed by atoms with Gasteiger partial charge in [-0.25, -0.2) is 0 Å². The van der Waals surface area contributed by atoms with Gasteiger partial charge in [0.05, 0.1) is 12.8 Å². The molecular weight excluding hydrogens is 389 g/mol. The van der Waals surface area contributed by atoms with E-state index in [1.807, 2.05) is 24.3 Å². The van der Waals surface area contributed by atoms with Crippen molar-refractivity contribution in [1.82, 2.24) is 0 Å². The van der Waals surface area contributed by atoms with E-state index in [9.17, 15) is 0 Å². The maximum absolute atomic E-state index is 5.98. The van der Waals surface area contributed by atoms with Crippen molar-refractivity contribution in [2.24, 2.45) is 22.1 Å². The lowest BCUT2D eigenvalue weighted by molar-refractivity contribution is 0.195. The van der Waals surface area contributed by atoms with Gasteiger partial charge in [0.1, 0.15) is 5.75 Å².